The summed E-state index contributed by atoms with van der Waals surface area (Å²) in [6.07, 6.45) is 43.8. The third-order valence-corrected chi connectivity index (χ3v) is 9.18. The summed E-state index contributed by atoms with van der Waals surface area (Å²) in [6, 6.07) is 0. The zero-order valence-corrected chi connectivity index (χ0v) is 33.8. The lowest BCUT2D eigenvalue weighted by molar-refractivity contribution is -0.153. The third-order valence-electron chi connectivity index (χ3n) is 8.80. The highest BCUT2D eigenvalue weighted by Gasteiger charge is 2.33. The molecular formula is C43H77NO6S. The summed E-state index contributed by atoms with van der Waals surface area (Å²) in [5.41, 5.74) is -0.869. The molecule has 0 radical (unpaired) electrons. The molecule has 0 amide bonds. The Labute approximate surface area is 318 Å². The van der Waals surface area contributed by atoms with E-state index in [0.717, 1.165) is 89.1 Å². The van der Waals surface area contributed by atoms with Crippen molar-refractivity contribution in [3.63, 3.8) is 0 Å². The van der Waals surface area contributed by atoms with Crippen molar-refractivity contribution >= 4 is 24.0 Å². The van der Waals surface area contributed by atoms with Crippen LogP contribution in [0.5, 0.6) is 0 Å². The first kappa shape index (κ1) is 49.1. The molecule has 0 aromatic rings. The molecule has 0 atom stereocenters. The molecule has 0 aliphatic carbocycles. The number of hydrogen-bond acceptors (Lipinski definition) is 8. The molecule has 296 valence electrons. The van der Waals surface area contributed by atoms with Gasteiger partial charge in [-0.1, -0.05) is 127 Å². The molecule has 0 unspecified atom stereocenters. The van der Waals surface area contributed by atoms with Crippen molar-refractivity contribution < 1.29 is 28.4 Å². The number of rotatable bonds is 38. The van der Waals surface area contributed by atoms with Crippen LogP contribution in [0.25, 0.3) is 0 Å². The molecule has 0 aliphatic rings. The number of carbonyl (C=O) groups is 2. The van der Waals surface area contributed by atoms with Crippen LogP contribution in [0.15, 0.2) is 48.6 Å². The Morgan fingerprint density at radius 3 is 1.35 bits per heavy atom. The van der Waals surface area contributed by atoms with Gasteiger partial charge in [0.25, 0.3) is 0 Å². The number of esters is 2. The molecule has 0 aliphatic heterocycles. The van der Waals surface area contributed by atoms with Crippen molar-refractivity contribution in [2.45, 2.75) is 173 Å². The van der Waals surface area contributed by atoms with Crippen LogP contribution in [0.4, 0.5) is 0 Å². The van der Waals surface area contributed by atoms with Crippen LogP contribution in [-0.2, 0) is 23.8 Å². The highest BCUT2D eigenvalue weighted by Crippen LogP contribution is 2.14. The molecule has 0 saturated carbocycles. The van der Waals surface area contributed by atoms with Gasteiger partial charge in [-0.15, -0.1) is 0 Å². The van der Waals surface area contributed by atoms with Gasteiger partial charge in [0, 0.05) is 32.2 Å². The molecule has 2 N–H and O–H groups in total. The lowest BCUT2D eigenvalue weighted by Gasteiger charge is -2.33. The first-order valence-corrected chi connectivity index (χ1v) is 21.4. The van der Waals surface area contributed by atoms with Gasteiger partial charge in [-0.25, -0.2) is 0 Å². The Morgan fingerprint density at radius 1 is 0.569 bits per heavy atom. The van der Waals surface area contributed by atoms with Crippen molar-refractivity contribution in [2.75, 3.05) is 39.2 Å². The van der Waals surface area contributed by atoms with Crippen molar-refractivity contribution in [1.82, 2.24) is 5.32 Å². The summed E-state index contributed by atoms with van der Waals surface area (Å²) in [7, 11) is 1.58. The van der Waals surface area contributed by atoms with E-state index in [0.29, 0.717) is 25.1 Å². The van der Waals surface area contributed by atoms with Crippen molar-refractivity contribution in [2.24, 2.45) is 0 Å². The second-order valence-electron chi connectivity index (χ2n) is 13.8. The smallest absolute Gasteiger partial charge is 0.305 e. The molecule has 7 nitrogen and oxygen atoms in total. The van der Waals surface area contributed by atoms with E-state index in [2.05, 4.69) is 67.8 Å². The number of unbranched alkanes of at least 4 members (excludes halogenated alkanes) is 16. The normalized spacial score (nSPS) is 12.3. The minimum Gasteiger partial charge on any atom is -0.463 e. The van der Waals surface area contributed by atoms with Gasteiger partial charge in [-0.3, -0.25) is 9.59 Å². The maximum atomic E-state index is 12.6. The molecule has 0 heterocycles. The average Bonchev–Trinajstić information content (AvgIpc) is 3.13. The molecule has 0 aromatic heterocycles. The maximum absolute atomic E-state index is 12.6. The average molecular weight is 736 g/mol. The molecule has 0 spiro atoms. The van der Waals surface area contributed by atoms with Crippen molar-refractivity contribution in [3.8, 4) is 0 Å². The van der Waals surface area contributed by atoms with Crippen LogP contribution in [-0.4, -0.2) is 61.3 Å². The summed E-state index contributed by atoms with van der Waals surface area (Å²) >= 11 is 0.732. The van der Waals surface area contributed by atoms with E-state index in [-0.39, 0.29) is 31.8 Å². The van der Waals surface area contributed by atoms with E-state index in [4.69, 9.17) is 14.2 Å². The number of allylic oxidation sites excluding steroid dienone is 8. The standard InChI is InChI=1S/C43H77NO6S/c1-4-6-8-10-12-14-16-18-20-22-24-26-28-30-32-34-41(45)49-39-43(38-48-3,44-36-37-51-47)40-50-42(46)35-33-31-29-27-25-23-21-19-17-15-13-11-9-7-5-2/h12-15,18-21,44,47H,4-11,16-17,22-40H2,1-3H3/b14-12-,15-13-,20-18-,21-19-. The van der Waals surface area contributed by atoms with Gasteiger partial charge in [0.15, 0.2) is 0 Å². The first-order valence-electron chi connectivity index (χ1n) is 20.4. The molecule has 0 aromatic carbocycles. The van der Waals surface area contributed by atoms with E-state index in [9.17, 15) is 14.1 Å². The highest BCUT2D eigenvalue weighted by molar-refractivity contribution is 7.93. The highest BCUT2D eigenvalue weighted by atomic mass is 32.2. The third kappa shape index (κ3) is 35.0. The minimum absolute atomic E-state index is 0.0347. The predicted molar refractivity (Wildman–Crippen MR) is 218 cm³/mol. The summed E-state index contributed by atoms with van der Waals surface area (Å²) < 4.78 is 26.0. The topological polar surface area (TPSA) is 94.1 Å². The Bertz CT molecular complexity index is 841. The van der Waals surface area contributed by atoms with Crippen LogP contribution < -0.4 is 5.32 Å². The van der Waals surface area contributed by atoms with Crippen LogP contribution in [0.3, 0.4) is 0 Å². The van der Waals surface area contributed by atoms with Crippen LogP contribution in [0.2, 0.25) is 0 Å². The second-order valence-corrected chi connectivity index (χ2v) is 14.4. The van der Waals surface area contributed by atoms with E-state index >= 15 is 0 Å². The molecular weight excluding hydrogens is 659 g/mol. The van der Waals surface area contributed by atoms with Gasteiger partial charge in [0.05, 0.1) is 6.61 Å². The minimum atomic E-state index is -0.869. The van der Waals surface area contributed by atoms with Crippen LogP contribution in [0.1, 0.15) is 168 Å². The molecule has 51 heavy (non-hydrogen) atoms. The summed E-state index contributed by atoms with van der Waals surface area (Å²) in [6.45, 7) is 5.20. The van der Waals surface area contributed by atoms with Gasteiger partial charge in [-0.2, -0.15) is 0 Å². The van der Waals surface area contributed by atoms with Gasteiger partial charge >= 0.3 is 11.9 Å². The second kappa shape index (κ2) is 39.3. The van der Waals surface area contributed by atoms with E-state index in [1.807, 2.05) is 0 Å². The summed E-state index contributed by atoms with van der Waals surface area (Å²) in [5.74, 6) is -0.0578. The maximum Gasteiger partial charge on any atom is 0.305 e. The van der Waals surface area contributed by atoms with Crippen molar-refractivity contribution in [1.29, 1.82) is 0 Å². The predicted octanol–water partition coefficient (Wildman–Crippen LogP) is 11.9. The fourth-order valence-corrected chi connectivity index (χ4v) is 5.85. The van der Waals surface area contributed by atoms with Gasteiger partial charge in [0.1, 0.15) is 18.8 Å². The summed E-state index contributed by atoms with van der Waals surface area (Å²) in [5, 5.41) is 3.31. The molecule has 0 bridgehead atoms. The monoisotopic (exact) mass is 736 g/mol. The van der Waals surface area contributed by atoms with E-state index in [1.54, 1.807) is 7.11 Å². The fraction of sp³-hybridized carbons (Fsp3) is 0.767. The molecule has 0 fully saturated rings. The quantitative estimate of drug-likeness (QED) is 0.0280. The molecule has 0 rings (SSSR count). The number of hydrogen-bond donors (Lipinski definition) is 2. The fourth-order valence-electron chi connectivity index (χ4n) is 5.66. The lowest BCUT2D eigenvalue weighted by atomic mass is 10.0. The van der Waals surface area contributed by atoms with Gasteiger partial charge in [0.2, 0.25) is 0 Å². The Morgan fingerprint density at radius 2 is 0.961 bits per heavy atom. The Hall–Kier alpha value is -1.87. The SMILES string of the molecule is CCCCC/C=C\C/C=C\CCCCCCCC(=O)OCC(COC)(COC(=O)CCCCCCC/C=C\C/C=C\CCCCC)NCCSO. The molecule has 0 saturated heterocycles. The van der Waals surface area contributed by atoms with E-state index < -0.39 is 5.54 Å². The van der Waals surface area contributed by atoms with Crippen molar-refractivity contribution in [3.05, 3.63) is 48.6 Å². The Kier molecular flexibility index (Phi) is 37.9. The van der Waals surface area contributed by atoms with E-state index in [1.165, 1.54) is 64.2 Å². The number of methoxy groups -OCH3 is 1. The number of ether oxygens (including phenoxy) is 3. The number of nitrogens with one attached hydrogen (secondary N) is 1. The summed E-state index contributed by atoms with van der Waals surface area (Å²) in [4.78, 5) is 25.2. The zero-order chi connectivity index (χ0) is 37.4. The Balaban J connectivity index is 4.25. The molecule has 8 heteroatoms. The first-order chi connectivity index (χ1) is 25.0. The van der Waals surface area contributed by atoms with Crippen LogP contribution >= 0.6 is 12.0 Å². The number of carbonyl (C=O) groups excluding carboxylic acids is 2. The van der Waals surface area contributed by atoms with Crippen LogP contribution in [0, 0.1) is 0 Å². The van der Waals surface area contributed by atoms with Gasteiger partial charge in [-0.05, 0) is 89.1 Å². The lowest BCUT2D eigenvalue weighted by Crippen LogP contribution is -2.57. The van der Waals surface area contributed by atoms with Gasteiger partial charge < -0.3 is 24.1 Å². The zero-order valence-electron chi connectivity index (χ0n) is 33.0. The largest absolute Gasteiger partial charge is 0.463 e.